The highest BCUT2D eigenvalue weighted by molar-refractivity contribution is 6.70. The van der Waals surface area contributed by atoms with Gasteiger partial charge in [-0.1, -0.05) is 18.6 Å². The zero-order valence-corrected chi connectivity index (χ0v) is 20.4. The minimum Gasteiger partial charge on any atom is -0.405 e. The molecule has 4 aliphatic carbocycles. The van der Waals surface area contributed by atoms with Crippen LogP contribution in [0.25, 0.3) is 0 Å². The van der Waals surface area contributed by atoms with Gasteiger partial charge >= 0.3 is 0 Å². The van der Waals surface area contributed by atoms with Crippen LogP contribution in [0.2, 0.25) is 19.6 Å². The van der Waals surface area contributed by atoms with Crippen molar-refractivity contribution in [2.45, 2.75) is 96.2 Å². The summed E-state index contributed by atoms with van der Waals surface area (Å²) in [5.41, 5.74) is 4.09. The number of hydrogen-bond donors (Lipinski definition) is 0. The standard InChI is InChI=1S/C25H38O4Si/c1-17(26)25(29-30(3,4)5)13-10-22-21-7-6-18-16-24(27-14-15-28-24)12-9-19(18)20(21)8-11-23(22,25)2/h8,21-22H,6-7,9-16H2,1-5H3/t21-,22+,23+,25+/m1/s1. The molecular formula is C25H38O4Si. The van der Waals surface area contributed by atoms with E-state index in [1.165, 1.54) is 6.42 Å². The normalized spacial score (nSPS) is 40.1. The van der Waals surface area contributed by atoms with Crippen LogP contribution in [0, 0.1) is 17.3 Å². The fourth-order valence-electron chi connectivity index (χ4n) is 7.63. The number of ketones is 1. The Kier molecular flexibility index (Phi) is 4.83. The average molecular weight is 431 g/mol. The minimum absolute atomic E-state index is 0.0844. The summed E-state index contributed by atoms with van der Waals surface area (Å²) < 4.78 is 18.8. The second-order valence-corrected chi connectivity index (χ2v) is 16.0. The molecule has 30 heavy (non-hydrogen) atoms. The first kappa shape index (κ1) is 21.1. The second kappa shape index (κ2) is 6.87. The molecule has 0 N–H and O–H groups in total. The van der Waals surface area contributed by atoms with Gasteiger partial charge in [0, 0.05) is 18.3 Å². The molecule has 1 heterocycles. The van der Waals surface area contributed by atoms with Crippen molar-refractivity contribution in [2.24, 2.45) is 17.3 Å². The van der Waals surface area contributed by atoms with Crippen molar-refractivity contribution >= 4 is 14.1 Å². The monoisotopic (exact) mass is 430 g/mol. The molecule has 2 fully saturated rings. The second-order valence-electron chi connectivity index (χ2n) is 11.5. The van der Waals surface area contributed by atoms with Gasteiger partial charge < -0.3 is 13.9 Å². The molecule has 0 aromatic heterocycles. The van der Waals surface area contributed by atoms with Gasteiger partial charge in [-0.25, -0.2) is 0 Å². The van der Waals surface area contributed by atoms with Gasteiger partial charge in [0.15, 0.2) is 19.9 Å². The van der Waals surface area contributed by atoms with Crippen LogP contribution in [0.1, 0.15) is 65.2 Å². The zero-order chi connectivity index (χ0) is 21.4. The van der Waals surface area contributed by atoms with Gasteiger partial charge in [0.1, 0.15) is 5.60 Å². The predicted molar refractivity (Wildman–Crippen MR) is 120 cm³/mol. The van der Waals surface area contributed by atoms with Crippen LogP contribution in [0.4, 0.5) is 0 Å². The number of Topliss-reactive ketones (excluding diaryl/α,β-unsaturated/α-hetero) is 1. The van der Waals surface area contributed by atoms with E-state index in [-0.39, 0.29) is 17.0 Å². The lowest BCUT2D eigenvalue weighted by atomic mass is 9.55. The first-order valence-corrected chi connectivity index (χ1v) is 15.4. The Morgan fingerprint density at radius 2 is 1.87 bits per heavy atom. The Labute approximate surface area is 182 Å². The minimum atomic E-state index is -1.85. The molecule has 0 bridgehead atoms. The van der Waals surface area contributed by atoms with Crippen LogP contribution in [0.15, 0.2) is 22.8 Å². The SMILES string of the molecule is CC(=O)[C@@]1(O[Si](C)(C)C)CC[C@H]2[C@@H]3CCC4=C(CCC5(C4)OCCO5)C3=CC[C@@]21C. The topological polar surface area (TPSA) is 44.8 Å². The number of hydrogen-bond acceptors (Lipinski definition) is 4. The van der Waals surface area contributed by atoms with Crippen molar-refractivity contribution in [1.82, 2.24) is 0 Å². The molecule has 5 heteroatoms. The van der Waals surface area contributed by atoms with E-state index in [0.29, 0.717) is 11.8 Å². The number of rotatable bonds is 3. The number of allylic oxidation sites excluding steroid dienone is 3. The zero-order valence-electron chi connectivity index (χ0n) is 19.4. The van der Waals surface area contributed by atoms with E-state index in [2.05, 4.69) is 32.6 Å². The Bertz CT molecular complexity index is 815. The van der Waals surface area contributed by atoms with E-state index < -0.39 is 13.9 Å². The third-order valence-electron chi connectivity index (χ3n) is 8.81. The first-order valence-electron chi connectivity index (χ1n) is 12.0. The summed E-state index contributed by atoms with van der Waals surface area (Å²) in [4.78, 5) is 13.1. The Hall–Kier alpha value is -0.753. The molecule has 0 amide bonds. The lowest BCUT2D eigenvalue weighted by Crippen LogP contribution is -2.58. The third-order valence-corrected chi connectivity index (χ3v) is 9.77. The highest BCUT2D eigenvalue weighted by Gasteiger charge is 2.64. The van der Waals surface area contributed by atoms with Gasteiger partial charge in [-0.05, 0) is 88.1 Å². The van der Waals surface area contributed by atoms with Crippen molar-refractivity contribution < 1.29 is 18.7 Å². The van der Waals surface area contributed by atoms with E-state index >= 15 is 0 Å². The van der Waals surface area contributed by atoms with Crippen molar-refractivity contribution in [2.75, 3.05) is 13.2 Å². The van der Waals surface area contributed by atoms with Gasteiger partial charge in [0.05, 0.1) is 13.2 Å². The number of carbonyl (C=O) groups excluding carboxylic acids is 1. The maximum atomic E-state index is 13.1. The molecule has 0 aromatic carbocycles. The Balaban J connectivity index is 1.49. The summed E-state index contributed by atoms with van der Waals surface area (Å²) >= 11 is 0. The van der Waals surface area contributed by atoms with Crippen LogP contribution in [0.5, 0.6) is 0 Å². The molecule has 4 atom stereocenters. The molecule has 0 radical (unpaired) electrons. The number of carbonyl (C=O) groups is 1. The highest BCUT2D eigenvalue weighted by atomic mass is 28.4. The smallest absolute Gasteiger partial charge is 0.185 e. The highest BCUT2D eigenvalue weighted by Crippen LogP contribution is 2.64. The van der Waals surface area contributed by atoms with Gasteiger partial charge in [0.25, 0.3) is 0 Å². The van der Waals surface area contributed by atoms with Gasteiger partial charge in [-0.15, -0.1) is 0 Å². The summed E-state index contributed by atoms with van der Waals surface area (Å²) in [6.07, 6.45) is 10.8. The largest absolute Gasteiger partial charge is 0.405 e. The summed E-state index contributed by atoms with van der Waals surface area (Å²) in [6, 6.07) is 0. The van der Waals surface area contributed by atoms with Gasteiger partial charge in [-0.2, -0.15) is 0 Å². The lowest BCUT2D eigenvalue weighted by Gasteiger charge is -2.53. The summed E-state index contributed by atoms with van der Waals surface area (Å²) in [6.45, 7) is 12.3. The molecule has 1 aliphatic heterocycles. The summed E-state index contributed by atoms with van der Waals surface area (Å²) in [5.74, 6) is 1.03. The molecule has 5 aliphatic rings. The number of ether oxygens (including phenoxy) is 2. The van der Waals surface area contributed by atoms with Crippen LogP contribution >= 0.6 is 0 Å². The van der Waals surface area contributed by atoms with E-state index in [1.807, 2.05) is 0 Å². The van der Waals surface area contributed by atoms with Crippen molar-refractivity contribution in [3.05, 3.63) is 22.8 Å². The lowest BCUT2D eigenvalue weighted by molar-refractivity contribution is -0.164. The Morgan fingerprint density at radius 3 is 2.53 bits per heavy atom. The van der Waals surface area contributed by atoms with Crippen LogP contribution in [-0.2, 0) is 18.7 Å². The first-order chi connectivity index (χ1) is 14.1. The Morgan fingerprint density at radius 1 is 1.13 bits per heavy atom. The maximum absolute atomic E-state index is 13.1. The molecular weight excluding hydrogens is 392 g/mol. The van der Waals surface area contributed by atoms with Crippen molar-refractivity contribution in [1.29, 1.82) is 0 Å². The third kappa shape index (κ3) is 2.99. The average Bonchev–Trinajstić information content (AvgIpc) is 3.23. The molecule has 166 valence electrons. The molecule has 5 rings (SSSR count). The van der Waals surface area contributed by atoms with Crippen molar-refractivity contribution in [3.8, 4) is 0 Å². The van der Waals surface area contributed by atoms with Gasteiger partial charge in [-0.3, -0.25) is 4.79 Å². The van der Waals surface area contributed by atoms with E-state index in [0.717, 1.165) is 58.2 Å². The van der Waals surface area contributed by atoms with Crippen LogP contribution in [-0.4, -0.2) is 38.7 Å². The molecule has 1 saturated heterocycles. The van der Waals surface area contributed by atoms with Crippen LogP contribution < -0.4 is 0 Å². The quantitative estimate of drug-likeness (QED) is 0.551. The number of fused-ring (bicyclic) bond motifs is 4. The van der Waals surface area contributed by atoms with Gasteiger partial charge in [0.2, 0.25) is 0 Å². The van der Waals surface area contributed by atoms with E-state index in [1.54, 1.807) is 23.6 Å². The molecule has 0 unspecified atom stereocenters. The van der Waals surface area contributed by atoms with Crippen molar-refractivity contribution in [3.63, 3.8) is 0 Å². The molecule has 1 spiro atoms. The maximum Gasteiger partial charge on any atom is 0.185 e. The fourth-order valence-corrected chi connectivity index (χ4v) is 9.16. The molecule has 0 aromatic rings. The summed E-state index contributed by atoms with van der Waals surface area (Å²) in [5, 5.41) is 0. The molecule has 1 saturated carbocycles. The van der Waals surface area contributed by atoms with E-state index in [4.69, 9.17) is 13.9 Å². The fraction of sp³-hybridized carbons (Fsp3) is 0.800. The summed E-state index contributed by atoms with van der Waals surface area (Å²) in [7, 11) is -1.85. The van der Waals surface area contributed by atoms with E-state index in [9.17, 15) is 4.79 Å². The molecule has 4 nitrogen and oxygen atoms in total. The predicted octanol–water partition coefficient (Wildman–Crippen LogP) is 5.55. The van der Waals surface area contributed by atoms with Crippen LogP contribution in [0.3, 0.4) is 0 Å².